The van der Waals surface area contributed by atoms with Gasteiger partial charge in [0.15, 0.2) is 0 Å². The molecule has 1 saturated carbocycles. The van der Waals surface area contributed by atoms with E-state index in [-0.39, 0.29) is 18.5 Å². The average Bonchev–Trinajstić information content (AvgIpc) is 2.36. The van der Waals surface area contributed by atoms with Gasteiger partial charge >= 0.3 is 12.0 Å². The van der Waals surface area contributed by atoms with E-state index in [0.29, 0.717) is 5.75 Å². The first kappa shape index (κ1) is 17.9. The summed E-state index contributed by atoms with van der Waals surface area (Å²) in [4.78, 5) is 25.1. The number of carbonyl (C=O) groups excluding carboxylic acids is 1. The number of nitrogens with zero attached hydrogens (tertiary/aromatic N) is 1. The summed E-state index contributed by atoms with van der Waals surface area (Å²) in [5, 5.41) is 12.0. The van der Waals surface area contributed by atoms with Crippen molar-refractivity contribution in [1.29, 1.82) is 0 Å². The quantitative estimate of drug-likeness (QED) is 0.778. The van der Waals surface area contributed by atoms with E-state index in [1.165, 1.54) is 0 Å². The Labute approximate surface area is 128 Å². The average molecular weight is 318 g/mol. The number of amides is 2. The Morgan fingerprint density at radius 2 is 1.90 bits per heavy atom. The van der Waals surface area contributed by atoms with E-state index in [1.807, 2.05) is 0 Å². The molecule has 0 aliphatic heterocycles. The Hall–Kier alpha value is -1.11. The molecule has 1 aliphatic rings. The summed E-state index contributed by atoms with van der Waals surface area (Å²) in [6.45, 7) is 1.80. The highest BCUT2D eigenvalue weighted by Crippen LogP contribution is 2.35. The summed E-state index contributed by atoms with van der Waals surface area (Å²) >= 11 is 0. The highest BCUT2D eigenvalue weighted by atomic mass is 32.2. The summed E-state index contributed by atoms with van der Waals surface area (Å²) < 4.78 is 11.2. The Morgan fingerprint density at radius 3 is 2.38 bits per heavy atom. The lowest BCUT2D eigenvalue weighted by Gasteiger charge is -2.44. The Kier molecular flexibility index (Phi) is 6.64. The van der Waals surface area contributed by atoms with Crippen LogP contribution in [0.2, 0.25) is 0 Å². The molecule has 7 heteroatoms. The third-order valence-corrected chi connectivity index (χ3v) is 5.10. The zero-order valence-electron chi connectivity index (χ0n) is 13.1. The molecule has 6 nitrogen and oxygen atoms in total. The number of rotatable bonds is 6. The predicted molar refractivity (Wildman–Crippen MR) is 82.8 cm³/mol. The highest BCUT2D eigenvalue weighted by Gasteiger charge is 2.40. The molecule has 0 saturated heterocycles. The lowest BCUT2D eigenvalue weighted by molar-refractivity contribution is -0.140. The van der Waals surface area contributed by atoms with Crippen molar-refractivity contribution < 1.29 is 18.9 Å². The number of hydrogen-bond acceptors (Lipinski definition) is 3. The molecule has 1 fully saturated rings. The molecule has 0 aromatic rings. The number of carboxylic acid groups (broad SMARTS) is 1. The van der Waals surface area contributed by atoms with Gasteiger partial charge in [-0.1, -0.05) is 19.3 Å². The van der Waals surface area contributed by atoms with Crippen molar-refractivity contribution in [2.75, 3.05) is 19.1 Å². The van der Waals surface area contributed by atoms with Crippen LogP contribution in [0.15, 0.2) is 0 Å². The van der Waals surface area contributed by atoms with Gasteiger partial charge < -0.3 is 15.3 Å². The van der Waals surface area contributed by atoms with Crippen LogP contribution in [0.3, 0.4) is 0 Å². The fourth-order valence-electron chi connectivity index (χ4n) is 3.04. The zero-order chi connectivity index (χ0) is 16.0. The predicted octanol–water partition coefficient (Wildman–Crippen LogP) is 1.57. The minimum absolute atomic E-state index is 0.0228. The van der Waals surface area contributed by atoms with Crippen LogP contribution >= 0.6 is 0 Å². The molecule has 2 atom stereocenters. The van der Waals surface area contributed by atoms with E-state index < -0.39 is 22.3 Å². The van der Waals surface area contributed by atoms with Gasteiger partial charge in [0.05, 0.1) is 12.0 Å². The van der Waals surface area contributed by atoms with Crippen molar-refractivity contribution in [3.8, 4) is 0 Å². The Morgan fingerprint density at radius 1 is 1.33 bits per heavy atom. The minimum Gasteiger partial charge on any atom is -0.481 e. The van der Waals surface area contributed by atoms with Crippen LogP contribution in [-0.4, -0.2) is 56.9 Å². The Bertz CT molecular complexity index is 408. The number of aliphatic carboxylic acids is 1. The van der Waals surface area contributed by atoms with Crippen molar-refractivity contribution in [3.05, 3.63) is 0 Å². The van der Waals surface area contributed by atoms with Crippen LogP contribution in [0.25, 0.3) is 0 Å². The molecule has 0 aromatic heterocycles. The minimum atomic E-state index is -0.977. The first-order valence-corrected chi connectivity index (χ1v) is 9.06. The van der Waals surface area contributed by atoms with Gasteiger partial charge in [-0.05, 0) is 19.8 Å². The molecule has 2 N–H and O–H groups in total. The standard InChI is InChI=1S/C14H26N2O4S/c1-11(10-21(3)20)15-13(19)16(2)14(9-12(17)18)7-5-4-6-8-14/h11H,4-10H2,1-3H3,(H,15,19)(H,17,18). The van der Waals surface area contributed by atoms with E-state index in [2.05, 4.69) is 5.32 Å². The lowest BCUT2D eigenvalue weighted by atomic mass is 9.78. The van der Waals surface area contributed by atoms with Crippen LogP contribution in [0, 0.1) is 0 Å². The topological polar surface area (TPSA) is 86.7 Å². The number of hydrogen-bond donors (Lipinski definition) is 2. The molecular weight excluding hydrogens is 292 g/mol. The van der Waals surface area contributed by atoms with Gasteiger partial charge in [-0.15, -0.1) is 0 Å². The molecule has 122 valence electrons. The maximum atomic E-state index is 12.3. The van der Waals surface area contributed by atoms with Gasteiger partial charge in [-0.3, -0.25) is 9.00 Å². The summed E-state index contributed by atoms with van der Waals surface area (Å²) in [5.41, 5.74) is -0.598. The third-order valence-electron chi connectivity index (χ3n) is 4.14. The van der Waals surface area contributed by atoms with E-state index in [4.69, 9.17) is 5.11 Å². The number of urea groups is 1. The number of carboxylic acids is 1. The van der Waals surface area contributed by atoms with Crippen molar-refractivity contribution in [2.24, 2.45) is 0 Å². The van der Waals surface area contributed by atoms with E-state index in [1.54, 1.807) is 25.1 Å². The van der Waals surface area contributed by atoms with Crippen LogP contribution in [0.1, 0.15) is 45.4 Å². The molecule has 0 aromatic carbocycles. The molecule has 1 rings (SSSR count). The normalized spacial score (nSPS) is 20.3. The van der Waals surface area contributed by atoms with Crippen LogP contribution in [0.5, 0.6) is 0 Å². The number of nitrogens with one attached hydrogen (secondary N) is 1. The summed E-state index contributed by atoms with van der Waals surface area (Å²) in [6, 6.07) is -0.479. The fraction of sp³-hybridized carbons (Fsp3) is 0.857. The largest absolute Gasteiger partial charge is 0.481 e. The van der Waals surface area contributed by atoms with Gasteiger partial charge in [-0.25, -0.2) is 4.79 Å². The first-order chi connectivity index (χ1) is 9.77. The van der Waals surface area contributed by atoms with Crippen molar-refractivity contribution in [3.63, 3.8) is 0 Å². The molecule has 0 bridgehead atoms. The maximum Gasteiger partial charge on any atom is 0.317 e. The summed E-state index contributed by atoms with van der Waals surface area (Å²) in [6.07, 6.45) is 5.99. The molecule has 21 heavy (non-hydrogen) atoms. The second-order valence-electron chi connectivity index (χ2n) is 6.00. The van der Waals surface area contributed by atoms with E-state index in [0.717, 1.165) is 32.1 Å². The summed E-state index contributed by atoms with van der Waals surface area (Å²) in [7, 11) is 0.689. The zero-order valence-corrected chi connectivity index (χ0v) is 13.9. The SMILES string of the molecule is CC(CS(C)=O)NC(=O)N(C)C1(CC(=O)O)CCCCC1. The van der Waals surface area contributed by atoms with Crippen molar-refractivity contribution in [2.45, 2.75) is 57.0 Å². The lowest BCUT2D eigenvalue weighted by Crippen LogP contribution is -2.56. The van der Waals surface area contributed by atoms with Crippen molar-refractivity contribution in [1.82, 2.24) is 10.2 Å². The maximum absolute atomic E-state index is 12.3. The van der Waals surface area contributed by atoms with Gasteiger partial charge in [0.2, 0.25) is 0 Å². The smallest absolute Gasteiger partial charge is 0.317 e. The van der Waals surface area contributed by atoms with Gasteiger partial charge in [0.25, 0.3) is 0 Å². The van der Waals surface area contributed by atoms with Gasteiger partial charge in [-0.2, -0.15) is 0 Å². The third kappa shape index (κ3) is 5.30. The molecule has 0 spiro atoms. The molecule has 1 aliphatic carbocycles. The van der Waals surface area contributed by atoms with Gasteiger partial charge in [0.1, 0.15) is 0 Å². The van der Waals surface area contributed by atoms with Gasteiger partial charge in [0, 0.05) is 35.9 Å². The number of carbonyl (C=O) groups is 2. The molecule has 2 amide bonds. The monoisotopic (exact) mass is 318 g/mol. The molecule has 0 radical (unpaired) electrons. The van der Waals surface area contributed by atoms with E-state index in [9.17, 15) is 13.8 Å². The van der Waals surface area contributed by atoms with Crippen LogP contribution in [0.4, 0.5) is 4.79 Å². The molecule has 2 unspecified atom stereocenters. The van der Waals surface area contributed by atoms with E-state index >= 15 is 0 Å². The summed E-state index contributed by atoms with van der Waals surface area (Å²) in [5.74, 6) is -0.481. The molecular formula is C14H26N2O4S. The van der Waals surface area contributed by atoms with Crippen molar-refractivity contribution >= 4 is 22.8 Å². The second-order valence-corrected chi connectivity index (χ2v) is 7.48. The highest BCUT2D eigenvalue weighted by molar-refractivity contribution is 7.84. The first-order valence-electron chi connectivity index (χ1n) is 7.33. The fourth-order valence-corrected chi connectivity index (χ4v) is 3.83. The van der Waals surface area contributed by atoms with Crippen LogP contribution < -0.4 is 5.32 Å². The Balaban J connectivity index is 2.75. The van der Waals surface area contributed by atoms with Crippen LogP contribution in [-0.2, 0) is 15.6 Å². The second kappa shape index (κ2) is 7.77. The molecule has 0 heterocycles.